The topological polar surface area (TPSA) is 18.5 Å². The molecular formula is C17H23ClO2. The van der Waals surface area contributed by atoms with Gasteiger partial charge >= 0.3 is 0 Å². The predicted octanol–water partition coefficient (Wildman–Crippen LogP) is 4.26. The molecule has 0 heterocycles. The van der Waals surface area contributed by atoms with Crippen LogP contribution in [0.4, 0.5) is 0 Å². The molecule has 3 heteroatoms. The number of aryl methyl sites for hydroxylation is 1. The molecule has 4 atom stereocenters. The van der Waals surface area contributed by atoms with Crippen LogP contribution in [0.5, 0.6) is 0 Å². The molecule has 1 aromatic rings. The standard InChI is InChI=1S/C17H23ClO2/c1-2-10-19-17-14(18)11-16(17)20-15-9-5-7-12-6-3-4-8-13(12)15/h3-4,6,8,14-17H,2,5,7,9-11H2,1H3. The second-order valence-corrected chi connectivity index (χ2v) is 6.40. The van der Waals surface area contributed by atoms with Crippen molar-refractivity contribution in [3.05, 3.63) is 35.4 Å². The van der Waals surface area contributed by atoms with Gasteiger partial charge < -0.3 is 9.47 Å². The maximum absolute atomic E-state index is 6.32. The maximum Gasteiger partial charge on any atom is 0.100 e. The lowest BCUT2D eigenvalue weighted by molar-refractivity contribution is -0.152. The van der Waals surface area contributed by atoms with E-state index in [9.17, 15) is 0 Å². The first-order valence-electron chi connectivity index (χ1n) is 7.78. The third-order valence-electron chi connectivity index (χ3n) is 4.35. The normalized spacial score (nSPS) is 32.5. The highest BCUT2D eigenvalue weighted by Gasteiger charge is 2.43. The van der Waals surface area contributed by atoms with E-state index in [1.807, 2.05) is 0 Å². The van der Waals surface area contributed by atoms with Gasteiger partial charge in [0.05, 0.1) is 17.6 Å². The highest BCUT2D eigenvalue weighted by molar-refractivity contribution is 6.21. The van der Waals surface area contributed by atoms with Crippen LogP contribution in [-0.4, -0.2) is 24.2 Å². The van der Waals surface area contributed by atoms with Crippen LogP contribution in [0.1, 0.15) is 49.8 Å². The highest BCUT2D eigenvalue weighted by Crippen LogP contribution is 2.39. The molecule has 0 aromatic heterocycles. The summed E-state index contributed by atoms with van der Waals surface area (Å²) in [4.78, 5) is 0. The van der Waals surface area contributed by atoms with Gasteiger partial charge in [-0.1, -0.05) is 31.2 Å². The Morgan fingerprint density at radius 2 is 2.15 bits per heavy atom. The number of ether oxygens (including phenoxy) is 2. The number of halogens is 1. The smallest absolute Gasteiger partial charge is 0.100 e. The van der Waals surface area contributed by atoms with Gasteiger partial charge in [-0.15, -0.1) is 11.6 Å². The van der Waals surface area contributed by atoms with Gasteiger partial charge in [0, 0.05) is 6.61 Å². The van der Waals surface area contributed by atoms with E-state index in [1.54, 1.807) is 0 Å². The van der Waals surface area contributed by atoms with Crippen molar-refractivity contribution in [2.75, 3.05) is 6.61 Å². The molecule has 2 aliphatic carbocycles. The molecule has 0 aliphatic heterocycles. The minimum atomic E-state index is 0.0747. The molecule has 2 nitrogen and oxygen atoms in total. The molecule has 0 spiro atoms. The summed E-state index contributed by atoms with van der Waals surface area (Å²) in [7, 11) is 0. The van der Waals surface area contributed by atoms with Crippen molar-refractivity contribution in [2.24, 2.45) is 0 Å². The molecule has 1 saturated carbocycles. The molecule has 20 heavy (non-hydrogen) atoms. The average molecular weight is 295 g/mol. The van der Waals surface area contributed by atoms with Crippen LogP contribution >= 0.6 is 11.6 Å². The molecule has 0 amide bonds. The third-order valence-corrected chi connectivity index (χ3v) is 4.77. The number of benzene rings is 1. The first-order chi connectivity index (χ1) is 9.79. The summed E-state index contributed by atoms with van der Waals surface area (Å²) >= 11 is 6.26. The van der Waals surface area contributed by atoms with Crippen LogP contribution in [0, 0.1) is 0 Å². The van der Waals surface area contributed by atoms with Crippen molar-refractivity contribution in [3.63, 3.8) is 0 Å². The Bertz CT molecular complexity index is 448. The van der Waals surface area contributed by atoms with E-state index in [4.69, 9.17) is 21.1 Å². The third kappa shape index (κ3) is 2.88. The lowest BCUT2D eigenvalue weighted by Gasteiger charge is -2.43. The van der Waals surface area contributed by atoms with Crippen molar-refractivity contribution in [3.8, 4) is 0 Å². The van der Waals surface area contributed by atoms with Gasteiger partial charge in [-0.05, 0) is 43.2 Å². The van der Waals surface area contributed by atoms with Crippen molar-refractivity contribution in [1.82, 2.24) is 0 Å². The molecule has 2 aliphatic rings. The van der Waals surface area contributed by atoms with Gasteiger partial charge in [0.1, 0.15) is 6.10 Å². The zero-order valence-corrected chi connectivity index (χ0v) is 12.8. The van der Waals surface area contributed by atoms with Crippen LogP contribution in [0.25, 0.3) is 0 Å². The van der Waals surface area contributed by atoms with E-state index in [0.717, 1.165) is 25.9 Å². The quantitative estimate of drug-likeness (QED) is 0.756. The second-order valence-electron chi connectivity index (χ2n) is 5.84. The molecule has 1 fully saturated rings. The van der Waals surface area contributed by atoms with Gasteiger partial charge in [-0.2, -0.15) is 0 Å². The van der Waals surface area contributed by atoms with E-state index in [1.165, 1.54) is 24.0 Å². The summed E-state index contributed by atoms with van der Waals surface area (Å²) in [6, 6.07) is 8.65. The molecule has 0 bridgehead atoms. The van der Waals surface area contributed by atoms with Crippen LogP contribution < -0.4 is 0 Å². The zero-order chi connectivity index (χ0) is 13.9. The van der Waals surface area contributed by atoms with Crippen molar-refractivity contribution >= 4 is 11.6 Å². The molecular weight excluding hydrogens is 272 g/mol. The fourth-order valence-electron chi connectivity index (χ4n) is 3.19. The SMILES string of the molecule is CCCOC1C(Cl)CC1OC1CCCc2ccccc21. The lowest BCUT2D eigenvalue weighted by Crippen LogP contribution is -2.51. The Kier molecular flexibility index (Phi) is 4.65. The maximum atomic E-state index is 6.32. The Balaban J connectivity index is 1.64. The predicted molar refractivity (Wildman–Crippen MR) is 81.3 cm³/mol. The molecule has 4 unspecified atom stereocenters. The number of hydrogen-bond acceptors (Lipinski definition) is 2. The summed E-state index contributed by atoms with van der Waals surface area (Å²) in [6.45, 7) is 2.89. The van der Waals surface area contributed by atoms with Gasteiger partial charge in [0.2, 0.25) is 0 Å². The van der Waals surface area contributed by atoms with Crippen molar-refractivity contribution < 1.29 is 9.47 Å². The van der Waals surface area contributed by atoms with Crippen LogP contribution in [-0.2, 0) is 15.9 Å². The Morgan fingerprint density at radius 1 is 1.30 bits per heavy atom. The summed E-state index contributed by atoms with van der Waals surface area (Å²) in [6.07, 6.45) is 5.90. The lowest BCUT2D eigenvalue weighted by atomic mass is 9.87. The molecule has 110 valence electrons. The molecule has 0 radical (unpaired) electrons. The molecule has 1 aromatic carbocycles. The number of fused-ring (bicyclic) bond motifs is 1. The van der Waals surface area contributed by atoms with Crippen molar-refractivity contribution in [2.45, 2.75) is 62.7 Å². The van der Waals surface area contributed by atoms with E-state index in [0.29, 0.717) is 0 Å². The van der Waals surface area contributed by atoms with Gasteiger partial charge in [-0.3, -0.25) is 0 Å². The second kappa shape index (κ2) is 6.46. The highest BCUT2D eigenvalue weighted by atomic mass is 35.5. The minimum absolute atomic E-state index is 0.0747. The largest absolute Gasteiger partial charge is 0.374 e. The Hall–Kier alpha value is -0.570. The number of alkyl halides is 1. The van der Waals surface area contributed by atoms with Crippen LogP contribution in [0.2, 0.25) is 0 Å². The Labute approximate surface area is 126 Å². The molecule has 0 N–H and O–H groups in total. The first kappa shape index (κ1) is 14.4. The molecule has 3 rings (SSSR count). The first-order valence-corrected chi connectivity index (χ1v) is 8.22. The number of rotatable bonds is 5. The monoisotopic (exact) mass is 294 g/mol. The van der Waals surface area contributed by atoms with Crippen LogP contribution in [0.3, 0.4) is 0 Å². The average Bonchev–Trinajstić information content (AvgIpc) is 2.47. The summed E-state index contributed by atoms with van der Waals surface area (Å²) < 4.78 is 12.1. The van der Waals surface area contributed by atoms with E-state index < -0.39 is 0 Å². The van der Waals surface area contributed by atoms with Gasteiger partial charge in [-0.25, -0.2) is 0 Å². The summed E-state index contributed by atoms with van der Waals surface area (Å²) in [5.41, 5.74) is 2.81. The van der Waals surface area contributed by atoms with E-state index >= 15 is 0 Å². The van der Waals surface area contributed by atoms with E-state index in [-0.39, 0.29) is 23.7 Å². The Morgan fingerprint density at radius 3 is 2.95 bits per heavy atom. The minimum Gasteiger partial charge on any atom is -0.374 e. The zero-order valence-electron chi connectivity index (χ0n) is 12.1. The fraction of sp³-hybridized carbons (Fsp3) is 0.647. The fourth-order valence-corrected chi connectivity index (χ4v) is 3.60. The van der Waals surface area contributed by atoms with Crippen molar-refractivity contribution in [1.29, 1.82) is 0 Å². The van der Waals surface area contributed by atoms with Gasteiger partial charge in [0.25, 0.3) is 0 Å². The van der Waals surface area contributed by atoms with Crippen LogP contribution in [0.15, 0.2) is 24.3 Å². The summed E-state index contributed by atoms with van der Waals surface area (Å²) in [5.74, 6) is 0. The summed E-state index contributed by atoms with van der Waals surface area (Å²) in [5, 5.41) is 0.116. The number of hydrogen-bond donors (Lipinski definition) is 0. The van der Waals surface area contributed by atoms with Gasteiger partial charge in [0.15, 0.2) is 0 Å². The van der Waals surface area contributed by atoms with E-state index in [2.05, 4.69) is 31.2 Å². The molecule has 0 saturated heterocycles.